The number of hydrogen-bond acceptors (Lipinski definition) is 5. The zero-order chi connectivity index (χ0) is 17.4. The second kappa shape index (κ2) is 9.07. The van der Waals surface area contributed by atoms with Crippen LogP contribution >= 0.6 is 11.8 Å². The second-order valence-corrected chi connectivity index (χ2v) is 5.99. The van der Waals surface area contributed by atoms with Gasteiger partial charge in [0.15, 0.2) is 5.16 Å². The van der Waals surface area contributed by atoms with Crippen molar-refractivity contribution < 1.29 is 9.59 Å². The lowest BCUT2D eigenvalue weighted by Gasteiger charge is -2.08. The first-order valence-corrected chi connectivity index (χ1v) is 8.83. The molecule has 7 nitrogen and oxygen atoms in total. The molecular weight excluding hydrogens is 326 g/mol. The normalized spacial score (nSPS) is 10.4. The van der Waals surface area contributed by atoms with Gasteiger partial charge in [0.25, 0.3) is 5.91 Å². The Morgan fingerprint density at radius 3 is 2.54 bits per heavy atom. The number of hydrogen-bond donors (Lipinski definition) is 2. The van der Waals surface area contributed by atoms with E-state index in [1.165, 1.54) is 11.8 Å². The van der Waals surface area contributed by atoms with Crippen molar-refractivity contribution in [3.05, 3.63) is 41.7 Å². The number of nitrogens with one attached hydrogen (secondary N) is 2. The average Bonchev–Trinajstić information content (AvgIpc) is 3.00. The number of rotatable bonds is 7. The minimum Gasteiger partial charge on any atom is -0.306 e. The van der Waals surface area contributed by atoms with E-state index in [0.29, 0.717) is 10.7 Å². The van der Waals surface area contributed by atoms with E-state index in [1.807, 2.05) is 17.6 Å². The van der Waals surface area contributed by atoms with Crippen LogP contribution in [0.25, 0.3) is 0 Å². The van der Waals surface area contributed by atoms with Crippen molar-refractivity contribution in [3.63, 3.8) is 0 Å². The van der Waals surface area contributed by atoms with Gasteiger partial charge in [-0.2, -0.15) is 0 Å². The van der Waals surface area contributed by atoms with E-state index in [4.69, 9.17) is 0 Å². The third kappa shape index (κ3) is 4.82. The summed E-state index contributed by atoms with van der Waals surface area (Å²) in [5.74, 6) is 0.433. The van der Waals surface area contributed by atoms with Gasteiger partial charge in [-0.25, -0.2) is 0 Å². The topological polar surface area (TPSA) is 88.9 Å². The quantitative estimate of drug-likeness (QED) is 0.589. The molecule has 24 heavy (non-hydrogen) atoms. The van der Waals surface area contributed by atoms with Gasteiger partial charge in [0.05, 0.1) is 5.75 Å². The molecule has 2 amide bonds. The summed E-state index contributed by atoms with van der Waals surface area (Å²) in [4.78, 5) is 23.7. The third-order valence-electron chi connectivity index (χ3n) is 3.27. The van der Waals surface area contributed by atoms with Crippen molar-refractivity contribution in [2.45, 2.75) is 38.4 Å². The first kappa shape index (κ1) is 18.0. The molecule has 0 saturated carbocycles. The number of amides is 2. The van der Waals surface area contributed by atoms with Crippen molar-refractivity contribution in [1.29, 1.82) is 0 Å². The fourth-order valence-electron chi connectivity index (χ4n) is 2.11. The Balaban J connectivity index is 1.82. The van der Waals surface area contributed by atoms with Crippen LogP contribution in [0.3, 0.4) is 0 Å². The molecule has 2 N–H and O–H groups in total. The van der Waals surface area contributed by atoms with E-state index in [1.54, 1.807) is 24.3 Å². The monoisotopic (exact) mass is 347 g/mol. The van der Waals surface area contributed by atoms with E-state index >= 15 is 0 Å². The van der Waals surface area contributed by atoms with Crippen LogP contribution in [0.15, 0.2) is 35.5 Å². The molecule has 128 valence electrons. The fourth-order valence-corrected chi connectivity index (χ4v) is 2.93. The van der Waals surface area contributed by atoms with Gasteiger partial charge >= 0.3 is 0 Å². The fraction of sp³-hybridized carbons (Fsp3) is 0.375. The Labute approximate surface area is 145 Å². The highest BCUT2D eigenvalue weighted by molar-refractivity contribution is 7.99. The smallest absolute Gasteiger partial charge is 0.269 e. The predicted molar refractivity (Wildman–Crippen MR) is 92.5 cm³/mol. The maximum Gasteiger partial charge on any atom is 0.269 e. The maximum atomic E-state index is 11.9. The molecule has 2 aromatic rings. The van der Waals surface area contributed by atoms with Crippen LogP contribution in [0.1, 0.15) is 36.5 Å². The Kier molecular flexibility index (Phi) is 6.80. The predicted octanol–water partition coefficient (Wildman–Crippen LogP) is 1.80. The number of benzene rings is 1. The van der Waals surface area contributed by atoms with E-state index in [-0.39, 0.29) is 17.6 Å². The summed E-state index contributed by atoms with van der Waals surface area (Å²) in [5.41, 5.74) is 5.28. The Morgan fingerprint density at radius 1 is 1.12 bits per heavy atom. The number of aryl methyl sites for hydroxylation is 1. The van der Waals surface area contributed by atoms with Crippen molar-refractivity contribution in [2.75, 3.05) is 5.75 Å². The zero-order valence-corrected chi connectivity index (χ0v) is 14.6. The minimum atomic E-state index is -0.351. The summed E-state index contributed by atoms with van der Waals surface area (Å²) < 4.78 is 2.00. The van der Waals surface area contributed by atoms with Crippen LogP contribution in [0.4, 0.5) is 0 Å². The zero-order valence-electron chi connectivity index (χ0n) is 13.8. The molecule has 0 spiro atoms. The third-order valence-corrected chi connectivity index (χ3v) is 4.23. The van der Waals surface area contributed by atoms with Crippen LogP contribution in [0, 0.1) is 0 Å². The SMILES string of the molecule is CCCc1nnc(SCC(=O)NNC(=O)c2ccccc2)n1CC. The molecule has 1 aromatic carbocycles. The van der Waals surface area contributed by atoms with Crippen molar-refractivity contribution >= 4 is 23.6 Å². The molecule has 2 rings (SSSR count). The Hall–Kier alpha value is -2.35. The number of aromatic nitrogens is 3. The second-order valence-electron chi connectivity index (χ2n) is 5.05. The number of hydrazine groups is 1. The maximum absolute atomic E-state index is 11.9. The number of thioether (sulfide) groups is 1. The van der Waals surface area contributed by atoms with E-state index < -0.39 is 0 Å². The summed E-state index contributed by atoms with van der Waals surface area (Å²) in [6, 6.07) is 8.70. The van der Waals surface area contributed by atoms with Gasteiger partial charge in [-0.15, -0.1) is 10.2 Å². The molecule has 1 heterocycles. The highest BCUT2D eigenvalue weighted by atomic mass is 32.2. The molecule has 0 bridgehead atoms. The van der Waals surface area contributed by atoms with Gasteiger partial charge in [0.2, 0.25) is 5.91 Å². The molecule has 0 unspecified atom stereocenters. The van der Waals surface area contributed by atoms with Crippen molar-refractivity contribution in [2.24, 2.45) is 0 Å². The summed E-state index contributed by atoms with van der Waals surface area (Å²) in [6.45, 7) is 4.87. The first-order chi connectivity index (χ1) is 11.7. The minimum absolute atomic E-state index is 0.152. The summed E-state index contributed by atoms with van der Waals surface area (Å²) in [5, 5.41) is 9.00. The van der Waals surface area contributed by atoms with Gasteiger partial charge < -0.3 is 4.57 Å². The summed E-state index contributed by atoms with van der Waals surface area (Å²) in [7, 11) is 0. The van der Waals surface area contributed by atoms with Crippen LogP contribution in [0.2, 0.25) is 0 Å². The Morgan fingerprint density at radius 2 is 1.88 bits per heavy atom. The molecule has 0 radical (unpaired) electrons. The highest BCUT2D eigenvalue weighted by Gasteiger charge is 2.13. The molecule has 0 atom stereocenters. The molecular formula is C16H21N5O2S. The van der Waals surface area contributed by atoms with Crippen LogP contribution in [-0.4, -0.2) is 32.3 Å². The van der Waals surface area contributed by atoms with Gasteiger partial charge in [0.1, 0.15) is 5.82 Å². The number of carbonyl (C=O) groups is 2. The summed E-state index contributed by atoms with van der Waals surface area (Å²) >= 11 is 1.30. The molecule has 8 heteroatoms. The Bertz CT molecular complexity index is 687. The van der Waals surface area contributed by atoms with E-state index in [0.717, 1.165) is 25.2 Å². The molecule has 0 aliphatic carbocycles. The van der Waals surface area contributed by atoms with Gasteiger partial charge in [-0.3, -0.25) is 20.4 Å². The van der Waals surface area contributed by atoms with Gasteiger partial charge in [-0.1, -0.05) is 36.9 Å². The van der Waals surface area contributed by atoms with E-state index in [9.17, 15) is 9.59 Å². The van der Waals surface area contributed by atoms with Gasteiger partial charge in [-0.05, 0) is 25.5 Å². The van der Waals surface area contributed by atoms with E-state index in [2.05, 4.69) is 28.0 Å². The molecule has 1 aromatic heterocycles. The average molecular weight is 347 g/mol. The number of carbonyl (C=O) groups excluding carboxylic acids is 2. The van der Waals surface area contributed by atoms with Gasteiger partial charge in [0, 0.05) is 18.5 Å². The van der Waals surface area contributed by atoms with Crippen molar-refractivity contribution in [1.82, 2.24) is 25.6 Å². The molecule has 0 aliphatic rings. The van der Waals surface area contributed by atoms with Crippen LogP contribution in [-0.2, 0) is 17.8 Å². The van der Waals surface area contributed by atoms with Crippen molar-refractivity contribution in [3.8, 4) is 0 Å². The lowest BCUT2D eigenvalue weighted by Crippen LogP contribution is -2.42. The number of nitrogens with zero attached hydrogens (tertiary/aromatic N) is 3. The molecule has 0 fully saturated rings. The first-order valence-electron chi connectivity index (χ1n) is 7.84. The molecule has 0 saturated heterocycles. The lowest BCUT2D eigenvalue weighted by atomic mass is 10.2. The largest absolute Gasteiger partial charge is 0.306 e. The van der Waals surface area contributed by atoms with Crippen LogP contribution < -0.4 is 10.9 Å². The lowest BCUT2D eigenvalue weighted by molar-refractivity contribution is -0.119. The van der Waals surface area contributed by atoms with Crippen LogP contribution in [0.5, 0.6) is 0 Å². The standard InChI is InChI=1S/C16H21N5O2S/c1-3-8-13-17-20-16(21(13)4-2)24-11-14(22)18-19-15(23)12-9-6-5-7-10-12/h5-7,9-10H,3-4,8,11H2,1-2H3,(H,18,22)(H,19,23). The highest BCUT2D eigenvalue weighted by Crippen LogP contribution is 2.17. The molecule has 0 aliphatic heterocycles. The summed E-state index contributed by atoms with van der Waals surface area (Å²) in [6.07, 6.45) is 1.86.